The molecule has 2 aromatic rings. The van der Waals surface area contributed by atoms with Gasteiger partial charge in [0.2, 0.25) is 5.91 Å². The molecule has 1 fully saturated rings. The molecule has 1 N–H and O–H groups in total. The fourth-order valence-electron chi connectivity index (χ4n) is 3.16. The Balaban J connectivity index is 1.39. The standard InChI is InChI=1S/C21H21ClN2O3S/c22-17-14-16(3-4-18(17)24-7-11-28-12-8-24)23-21(25)6-2-15-1-5-19-20(13-15)27-10-9-26-19/h1-6,13-14H,7-12H2,(H,23,25)/b6-2+. The molecule has 5 nitrogen and oxygen atoms in total. The van der Waals surface area contributed by atoms with Crippen LogP contribution < -0.4 is 19.7 Å². The van der Waals surface area contributed by atoms with Crippen molar-refractivity contribution in [1.82, 2.24) is 0 Å². The Morgan fingerprint density at radius 1 is 1.07 bits per heavy atom. The van der Waals surface area contributed by atoms with Gasteiger partial charge in [0, 0.05) is 36.4 Å². The third kappa shape index (κ3) is 4.56. The monoisotopic (exact) mass is 416 g/mol. The zero-order chi connectivity index (χ0) is 19.3. The van der Waals surface area contributed by atoms with Crippen LogP contribution in [0.2, 0.25) is 5.02 Å². The number of ether oxygens (including phenoxy) is 2. The van der Waals surface area contributed by atoms with E-state index in [1.165, 1.54) is 6.08 Å². The molecule has 2 heterocycles. The second-order valence-electron chi connectivity index (χ2n) is 6.49. The van der Waals surface area contributed by atoms with Gasteiger partial charge >= 0.3 is 0 Å². The molecule has 0 radical (unpaired) electrons. The molecule has 0 spiro atoms. The van der Waals surface area contributed by atoms with E-state index in [0.29, 0.717) is 29.7 Å². The maximum atomic E-state index is 12.3. The van der Waals surface area contributed by atoms with Gasteiger partial charge in [-0.3, -0.25) is 4.79 Å². The summed E-state index contributed by atoms with van der Waals surface area (Å²) < 4.78 is 11.1. The zero-order valence-electron chi connectivity index (χ0n) is 15.3. The van der Waals surface area contributed by atoms with Gasteiger partial charge in [-0.05, 0) is 42.0 Å². The van der Waals surface area contributed by atoms with Crippen LogP contribution in [0.15, 0.2) is 42.5 Å². The van der Waals surface area contributed by atoms with Crippen LogP contribution in [-0.4, -0.2) is 43.7 Å². The van der Waals surface area contributed by atoms with E-state index in [2.05, 4.69) is 10.2 Å². The predicted octanol–water partition coefficient (Wildman–Crippen LogP) is 4.32. The van der Waals surface area contributed by atoms with Gasteiger partial charge < -0.3 is 19.7 Å². The van der Waals surface area contributed by atoms with Crippen molar-refractivity contribution in [3.05, 3.63) is 53.1 Å². The molecular weight excluding hydrogens is 396 g/mol. The molecule has 1 amide bonds. The smallest absolute Gasteiger partial charge is 0.248 e. The van der Waals surface area contributed by atoms with Crippen molar-refractivity contribution in [3.8, 4) is 11.5 Å². The van der Waals surface area contributed by atoms with Crippen molar-refractivity contribution in [2.24, 2.45) is 0 Å². The molecule has 7 heteroatoms. The number of anilines is 2. The highest BCUT2D eigenvalue weighted by atomic mass is 35.5. The number of nitrogens with zero attached hydrogens (tertiary/aromatic N) is 1. The largest absolute Gasteiger partial charge is 0.486 e. The summed E-state index contributed by atoms with van der Waals surface area (Å²) in [7, 11) is 0. The highest BCUT2D eigenvalue weighted by molar-refractivity contribution is 7.99. The summed E-state index contributed by atoms with van der Waals surface area (Å²) in [6.07, 6.45) is 3.24. The minimum atomic E-state index is -0.215. The van der Waals surface area contributed by atoms with E-state index in [1.807, 2.05) is 42.1 Å². The highest BCUT2D eigenvalue weighted by Crippen LogP contribution is 2.32. The molecule has 0 unspecified atom stereocenters. The van der Waals surface area contributed by atoms with E-state index in [0.717, 1.165) is 41.6 Å². The molecule has 2 aliphatic heterocycles. The van der Waals surface area contributed by atoms with Gasteiger partial charge in [-0.25, -0.2) is 0 Å². The topological polar surface area (TPSA) is 50.8 Å². The number of carbonyl (C=O) groups is 1. The number of amides is 1. The van der Waals surface area contributed by atoms with Crippen molar-refractivity contribution in [2.75, 3.05) is 48.0 Å². The first-order valence-electron chi connectivity index (χ1n) is 9.20. The lowest BCUT2D eigenvalue weighted by atomic mass is 10.2. The van der Waals surface area contributed by atoms with Gasteiger partial charge in [0.15, 0.2) is 11.5 Å². The van der Waals surface area contributed by atoms with Crippen LogP contribution in [0.5, 0.6) is 11.5 Å². The molecule has 28 heavy (non-hydrogen) atoms. The average molecular weight is 417 g/mol. The fourth-order valence-corrected chi connectivity index (χ4v) is 4.37. The number of benzene rings is 2. The molecule has 0 bridgehead atoms. The van der Waals surface area contributed by atoms with Gasteiger partial charge in [-0.2, -0.15) is 11.8 Å². The predicted molar refractivity (Wildman–Crippen MR) is 116 cm³/mol. The molecule has 146 valence electrons. The summed E-state index contributed by atoms with van der Waals surface area (Å²) in [5, 5.41) is 3.51. The molecule has 0 aromatic heterocycles. The molecule has 1 saturated heterocycles. The number of carbonyl (C=O) groups excluding carboxylic acids is 1. The summed E-state index contributed by atoms with van der Waals surface area (Å²) in [5.74, 6) is 3.44. The number of nitrogens with one attached hydrogen (secondary N) is 1. The number of hydrogen-bond donors (Lipinski definition) is 1. The second-order valence-corrected chi connectivity index (χ2v) is 8.12. The van der Waals surface area contributed by atoms with Crippen LogP contribution in [-0.2, 0) is 4.79 Å². The number of hydrogen-bond acceptors (Lipinski definition) is 5. The number of rotatable bonds is 4. The summed E-state index contributed by atoms with van der Waals surface area (Å²) >= 11 is 8.40. The number of fused-ring (bicyclic) bond motifs is 1. The Morgan fingerprint density at radius 2 is 1.86 bits per heavy atom. The Hall–Kier alpha value is -2.31. The van der Waals surface area contributed by atoms with Crippen molar-refractivity contribution < 1.29 is 14.3 Å². The Bertz CT molecular complexity index is 897. The second kappa shape index (κ2) is 8.80. The first-order chi connectivity index (χ1) is 13.7. The molecule has 4 rings (SSSR count). The number of halogens is 1. The SMILES string of the molecule is O=C(/C=C/c1ccc2c(c1)OCCO2)Nc1ccc(N2CCSCC2)c(Cl)c1. The van der Waals surface area contributed by atoms with E-state index in [4.69, 9.17) is 21.1 Å². The van der Waals surface area contributed by atoms with Crippen LogP contribution >= 0.6 is 23.4 Å². The van der Waals surface area contributed by atoms with E-state index < -0.39 is 0 Å². The van der Waals surface area contributed by atoms with Gasteiger partial charge in [-0.1, -0.05) is 17.7 Å². The first-order valence-corrected chi connectivity index (χ1v) is 10.7. The molecule has 0 atom stereocenters. The van der Waals surface area contributed by atoms with Gasteiger partial charge in [0.05, 0.1) is 10.7 Å². The Labute approximate surface area is 173 Å². The summed E-state index contributed by atoms with van der Waals surface area (Å²) in [5.41, 5.74) is 2.57. The zero-order valence-corrected chi connectivity index (χ0v) is 16.9. The summed E-state index contributed by atoms with van der Waals surface area (Å²) in [6, 6.07) is 11.3. The van der Waals surface area contributed by atoms with Crippen LogP contribution in [0.1, 0.15) is 5.56 Å². The first kappa shape index (κ1) is 19.0. The minimum Gasteiger partial charge on any atom is -0.486 e. The van der Waals surface area contributed by atoms with Gasteiger partial charge in [0.25, 0.3) is 0 Å². The maximum absolute atomic E-state index is 12.3. The van der Waals surface area contributed by atoms with Crippen LogP contribution in [0.3, 0.4) is 0 Å². The lowest BCUT2D eigenvalue weighted by Gasteiger charge is -2.29. The lowest BCUT2D eigenvalue weighted by molar-refractivity contribution is -0.111. The summed E-state index contributed by atoms with van der Waals surface area (Å²) in [6.45, 7) is 3.08. The maximum Gasteiger partial charge on any atom is 0.248 e. The van der Waals surface area contributed by atoms with Crippen molar-refractivity contribution in [2.45, 2.75) is 0 Å². The average Bonchev–Trinajstić information content (AvgIpc) is 2.73. The van der Waals surface area contributed by atoms with Crippen LogP contribution in [0.25, 0.3) is 6.08 Å². The fraction of sp³-hybridized carbons (Fsp3) is 0.286. The third-order valence-electron chi connectivity index (χ3n) is 4.56. The van der Waals surface area contributed by atoms with E-state index >= 15 is 0 Å². The molecule has 0 saturated carbocycles. The molecule has 2 aliphatic rings. The Morgan fingerprint density at radius 3 is 2.64 bits per heavy atom. The van der Waals surface area contributed by atoms with Crippen LogP contribution in [0.4, 0.5) is 11.4 Å². The van der Waals surface area contributed by atoms with Crippen molar-refractivity contribution in [1.29, 1.82) is 0 Å². The van der Waals surface area contributed by atoms with E-state index in [1.54, 1.807) is 12.1 Å². The van der Waals surface area contributed by atoms with E-state index in [-0.39, 0.29) is 5.91 Å². The van der Waals surface area contributed by atoms with Crippen LogP contribution in [0, 0.1) is 0 Å². The highest BCUT2D eigenvalue weighted by Gasteiger charge is 2.15. The lowest BCUT2D eigenvalue weighted by Crippen LogP contribution is -2.32. The molecular formula is C21H21ClN2O3S. The minimum absolute atomic E-state index is 0.215. The van der Waals surface area contributed by atoms with Crippen molar-refractivity contribution >= 4 is 46.7 Å². The normalized spacial score (nSPS) is 16.2. The quantitative estimate of drug-likeness (QED) is 0.752. The molecule has 2 aromatic carbocycles. The number of thioether (sulfide) groups is 1. The Kier molecular flexibility index (Phi) is 5.98. The van der Waals surface area contributed by atoms with E-state index in [9.17, 15) is 4.79 Å². The summed E-state index contributed by atoms with van der Waals surface area (Å²) in [4.78, 5) is 14.5. The van der Waals surface area contributed by atoms with Gasteiger partial charge in [-0.15, -0.1) is 0 Å². The van der Waals surface area contributed by atoms with Crippen molar-refractivity contribution in [3.63, 3.8) is 0 Å². The molecule has 0 aliphatic carbocycles. The van der Waals surface area contributed by atoms with Gasteiger partial charge in [0.1, 0.15) is 13.2 Å². The third-order valence-corrected chi connectivity index (χ3v) is 5.81.